The molecule has 0 saturated carbocycles. The van der Waals surface area contributed by atoms with E-state index in [2.05, 4.69) is 45.7 Å². The van der Waals surface area contributed by atoms with Crippen LogP contribution in [0.4, 0.5) is 0 Å². The van der Waals surface area contributed by atoms with E-state index in [1.165, 1.54) is 5.56 Å². The summed E-state index contributed by atoms with van der Waals surface area (Å²) in [5.41, 5.74) is 4.23. The van der Waals surface area contributed by atoms with Crippen molar-refractivity contribution in [1.29, 1.82) is 0 Å². The van der Waals surface area contributed by atoms with Crippen molar-refractivity contribution >= 4 is 11.0 Å². The van der Waals surface area contributed by atoms with Gasteiger partial charge in [0.1, 0.15) is 18.2 Å². The van der Waals surface area contributed by atoms with Gasteiger partial charge in [-0.25, -0.2) is 9.97 Å². The molecule has 0 aliphatic carbocycles. The van der Waals surface area contributed by atoms with Crippen LogP contribution in [0.1, 0.15) is 31.6 Å². The molecule has 3 heterocycles. The molecule has 0 spiro atoms. The molecule has 24 heavy (non-hydrogen) atoms. The smallest absolute Gasteiger partial charge is 0.146 e. The minimum atomic E-state index is -0.0738. The van der Waals surface area contributed by atoms with Gasteiger partial charge in [0.2, 0.25) is 0 Å². The number of fused-ring (bicyclic) bond motifs is 1. The van der Waals surface area contributed by atoms with Crippen molar-refractivity contribution in [2.75, 3.05) is 6.61 Å². The zero-order valence-corrected chi connectivity index (χ0v) is 13.7. The highest BCUT2D eigenvalue weighted by atomic mass is 16.5. The van der Waals surface area contributed by atoms with E-state index in [4.69, 9.17) is 4.74 Å². The highest BCUT2D eigenvalue weighted by Crippen LogP contribution is 2.33. The summed E-state index contributed by atoms with van der Waals surface area (Å²) < 4.78 is 7.94. The van der Waals surface area contributed by atoms with Gasteiger partial charge in [0, 0.05) is 17.1 Å². The fraction of sp³-hybridized carbons (Fsp3) is 0.368. The summed E-state index contributed by atoms with van der Waals surface area (Å²) in [4.78, 5) is 8.96. The molecule has 1 aliphatic rings. The van der Waals surface area contributed by atoms with Crippen LogP contribution >= 0.6 is 0 Å². The zero-order valence-electron chi connectivity index (χ0n) is 13.7. The normalized spacial score (nSPS) is 20.8. The molecule has 4 rings (SSSR count). The first-order chi connectivity index (χ1) is 11.8. The summed E-state index contributed by atoms with van der Waals surface area (Å²) in [6.07, 6.45) is 6.27. The molecule has 1 aliphatic heterocycles. The number of benzene rings is 1. The Kier molecular flexibility index (Phi) is 4.04. The van der Waals surface area contributed by atoms with Gasteiger partial charge >= 0.3 is 0 Å². The molecule has 2 unspecified atom stereocenters. The quantitative estimate of drug-likeness (QED) is 0.800. The van der Waals surface area contributed by atoms with Crippen LogP contribution in [0.5, 0.6) is 0 Å². The van der Waals surface area contributed by atoms with Gasteiger partial charge in [-0.1, -0.05) is 31.2 Å². The number of hydrogen-bond acceptors (Lipinski definition) is 4. The van der Waals surface area contributed by atoms with Crippen LogP contribution in [0.2, 0.25) is 0 Å². The maximum atomic E-state index is 9.27. The van der Waals surface area contributed by atoms with E-state index in [0.717, 1.165) is 41.6 Å². The minimum absolute atomic E-state index is 0.0649. The van der Waals surface area contributed by atoms with Crippen molar-refractivity contribution in [3.05, 3.63) is 48.4 Å². The van der Waals surface area contributed by atoms with Crippen LogP contribution in [-0.2, 0) is 11.2 Å². The third-order valence-corrected chi connectivity index (χ3v) is 4.74. The lowest BCUT2D eigenvalue weighted by molar-refractivity contribution is -0.0204. The molecule has 1 saturated heterocycles. The summed E-state index contributed by atoms with van der Waals surface area (Å²) in [5, 5.41) is 10.3. The predicted molar refractivity (Wildman–Crippen MR) is 92.6 cm³/mol. The molecular weight excluding hydrogens is 302 g/mol. The number of ether oxygens (including phenoxy) is 1. The average molecular weight is 323 g/mol. The number of aryl methyl sites for hydroxylation is 1. The van der Waals surface area contributed by atoms with E-state index < -0.39 is 0 Å². The van der Waals surface area contributed by atoms with Gasteiger partial charge in [-0.05, 0) is 30.9 Å². The Balaban J connectivity index is 1.73. The highest BCUT2D eigenvalue weighted by Gasteiger charge is 2.27. The van der Waals surface area contributed by atoms with Crippen LogP contribution in [0.15, 0.2) is 42.9 Å². The highest BCUT2D eigenvalue weighted by molar-refractivity contribution is 5.90. The van der Waals surface area contributed by atoms with Crippen LogP contribution in [-0.4, -0.2) is 32.4 Å². The van der Waals surface area contributed by atoms with Gasteiger partial charge in [-0.15, -0.1) is 0 Å². The number of aliphatic hydroxyl groups excluding tert-OH is 1. The topological polar surface area (TPSA) is 60.2 Å². The number of hydrogen-bond donors (Lipinski definition) is 1. The van der Waals surface area contributed by atoms with E-state index in [-0.39, 0.29) is 18.9 Å². The van der Waals surface area contributed by atoms with Gasteiger partial charge in [0.05, 0.1) is 18.4 Å². The molecule has 3 aromatic rings. The van der Waals surface area contributed by atoms with Crippen molar-refractivity contribution in [3.8, 4) is 11.3 Å². The first kappa shape index (κ1) is 15.3. The SMILES string of the molecule is CCc1ccc(-c2ncnc3c2ccn3C2CCC(CO)O2)cc1. The maximum absolute atomic E-state index is 9.27. The zero-order chi connectivity index (χ0) is 16.5. The number of aliphatic hydroxyl groups is 1. The molecule has 1 N–H and O–H groups in total. The van der Waals surface area contributed by atoms with Gasteiger partial charge in [0.15, 0.2) is 0 Å². The number of rotatable bonds is 4. The van der Waals surface area contributed by atoms with Crippen molar-refractivity contribution < 1.29 is 9.84 Å². The Hall–Kier alpha value is -2.24. The fourth-order valence-electron chi connectivity index (χ4n) is 3.36. The lowest BCUT2D eigenvalue weighted by atomic mass is 10.1. The van der Waals surface area contributed by atoms with E-state index in [1.54, 1.807) is 6.33 Å². The Morgan fingerprint density at radius 2 is 2.00 bits per heavy atom. The Labute approximate surface area is 140 Å². The molecule has 0 radical (unpaired) electrons. The standard InChI is InChI=1S/C19H21N3O2/c1-2-13-3-5-14(6-4-13)18-16-9-10-22(19(16)21-12-20-18)17-8-7-15(11-23)24-17/h3-6,9-10,12,15,17,23H,2,7-8,11H2,1H3. The predicted octanol–water partition coefficient (Wildman–Crippen LogP) is 3.33. The molecule has 0 bridgehead atoms. The second-order valence-corrected chi connectivity index (χ2v) is 6.21. The molecule has 5 heteroatoms. The van der Waals surface area contributed by atoms with E-state index >= 15 is 0 Å². The van der Waals surface area contributed by atoms with Crippen LogP contribution in [0, 0.1) is 0 Å². The lowest BCUT2D eigenvalue weighted by Gasteiger charge is -2.14. The van der Waals surface area contributed by atoms with Crippen LogP contribution in [0.25, 0.3) is 22.3 Å². The molecule has 5 nitrogen and oxygen atoms in total. The largest absolute Gasteiger partial charge is 0.394 e. The van der Waals surface area contributed by atoms with Gasteiger partial charge in [-0.2, -0.15) is 0 Å². The minimum Gasteiger partial charge on any atom is -0.394 e. The first-order valence-electron chi connectivity index (χ1n) is 8.47. The summed E-state index contributed by atoms with van der Waals surface area (Å²) in [5.74, 6) is 0. The third kappa shape index (κ3) is 2.60. The Morgan fingerprint density at radius 1 is 1.17 bits per heavy atom. The summed E-state index contributed by atoms with van der Waals surface area (Å²) >= 11 is 0. The van der Waals surface area contributed by atoms with Crippen LogP contribution < -0.4 is 0 Å². The van der Waals surface area contributed by atoms with Crippen molar-refractivity contribution in [2.45, 2.75) is 38.5 Å². The molecule has 124 valence electrons. The first-order valence-corrected chi connectivity index (χ1v) is 8.47. The number of nitrogens with zero attached hydrogens (tertiary/aromatic N) is 3. The maximum Gasteiger partial charge on any atom is 0.146 e. The van der Waals surface area contributed by atoms with Gasteiger partial charge in [-0.3, -0.25) is 0 Å². The van der Waals surface area contributed by atoms with Crippen molar-refractivity contribution in [3.63, 3.8) is 0 Å². The summed E-state index contributed by atoms with van der Waals surface area (Å²) in [6, 6.07) is 10.6. The molecule has 1 aromatic carbocycles. The lowest BCUT2D eigenvalue weighted by Crippen LogP contribution is -2.14. The Morgan fingerprint density at radius 3 is 2.71 bits per heavy atom. The molecule has 2 aromatic heterocycles. The Bertz CT molecular complexity index is 841. The summed E-state index contributed by atoms with van der Waals surface area (Å²) in [6.45, 7) is 2.22. The molecular formula is C19H21N3O2. The van der Waals surface area contributed by atoms with Crippen LogP contribution in [0.3, 0.4) is 0 Å². The molecule has 0 amide bonds. The van der Waals surface area contributed by atoms with Crippen molar-refractivity contribution in [1.82, 2.24) is 14.5 Å². The summed E-state index contributed by atoms with van der Waals surface area (Å²) in [7, 11) is 0. The number of aromatic nitrogens is 3. The monoisotopic (exact) mass is 323 g/mol. The van der Waals surface area contributed by atoms with E-state index in [1.807, 2.05) is 12.3 Å². The fourth-order valence-corrected chi connectivity index (χ4v) is 3.36. The van der Waals surface area contributed by atoms with Gasteiger partial charge < -0.3 is 14.4 Å². The van der Waals surface area contributed by atoms with E-state index in [9.17, 15) is 5.11 Å². The average Bonchev–Trinajstić information content (AvgIpc) is 3.28. The third-order valence-electron chi connectivity index (χ3n) is 4.74. The van der Waals surface area contributed by atoms with Crippen molar-refractivity contribution in [2.24, 2.45) is 0 Å². The molecule has 2 atom stereocenters. The second kappa shape index (κ2) is 6.34. The second-order valence-electron chi connectivity index (χ2n) is 6.21. The van der Waals surface area contributed by atoms with E-state index in [0.29, 0.717) is 0 Å². The molecule has 1 fully saturated rings. The van der Waals surface area contributed by atoms with Gasteiger partial charge in [0.25, 0.3) is 0 Å².